The van der Waals surface area contributed by atoms with Gasteiger partial charge in [0.15, 0.2) is 5.58 Å². The zero-order valence-electron chi connectivity index (χ0n) is 14.5. The van der Waals surface area contributed by atoms with Crippen LogP contribution in [0.4, 0.5) is 0 Å². The summed E-state index contributed by atoms with van der Waals surface area (Å²) < 4.78 is 8.58. The van der Waals surface area contributed by atoms with Gasteiger partial charge in [-0.2, -0.15) is 0 Å². The molecule has 0 saturated carbocycles. The van der Waals surface area contributed by atoms with Gasteiger partial charge in [-0.05, 0) is 31.5 Å². The van der Waals surface area contributed by atoms with Gasteiger partial charge in [0.2, 0.25) is 0 Å². The highest BCUT2D eigenvalue weighted by Gasteiger charge is 2.30. The van der Waals surface area contributed by atoms with Crippen molar-refractivity contribution in [1.29, 1.82) is 0 Å². The van der Waals surface area contributed by atoms with Crippen molar-refractivity contribution in [1.82, 2.24) is 19.0 Å². The molecule has 1 aromatic carbocycles. The predicted molar refractivity (Wildman–Crippen MR) is 92.7 cm³/mol. The summed E-state index contributed by atoms with van der Waals surface area (Å²) in [4.78, 5) is 30.9. The molecular formula is C18H20N4O3. The van der Waals surface area contributed by atoms with Crippen molar-refractivity contribution in [2.24, 2.45) is 14.1 Å². The number of benzene rings is 1. The Balaban J connectivity index is 1.58. The number of amides is 1. The molecule has 7 heteroatoms. The molecule has 0 spiro atoms. The number of rotatable bonds is 2. The Kier molecular flexibility index (Phi) is 3.52. The minimum atomic E-state index is -0.425. The van der Waals surface area contributed by atoms with Crippen LogP contribution < -0.4 is 5.76 Å². The van der Waals surface area contributed by atoms with Gasteiger partial charge in [0.1, 0.15) is 5.82 Å². The number of aryl methyl sites for hydroxylation is 3. The number of fused-ring (bicyclic) bond motifs is 1. The highest BCUT2D eigenvalue weighted by atomic mass is 16.4. The number of aromatic nitrogens is 3. The van der Waals surface area contributed by atoms with Crippen molar-refractivity contribution in [2.45, 2.75) is 19.3 Å². The molecule has 1 aliphatic heterocycles. The molecule has 3 aromatic rings. The Morgan fingerprint density at radius 2 is 2.12 bits per heavy atom. The third-order valence-corrected chi connectivity index (χ3v) is 4.91. The zero-order chi connectivity index (χ0) is 17.7. The average Bonchev–Trinajstić information content (AvgIpc) is 3.26. The predicted octanol–water partition coefficient (Wildman–Crippen LogP) is 1.80. The molecule has 130 valence electrons. The van der Waals surface area contributed by atoms with E-state index in [9.17, 15) is 9.59 Å². The molecule has 0 unspecified atom stereocenters. The number of hydrogen-bond acceptors (Lipinski definition) is 4. The molecule has 4 rings (SSSR count). The maximum Gasteiger partial charge on any atom is 0.419 e. The zero-order valence-corrected chi connectivity index (χ0v) is 14.5. The van der Waals surface area contributed by atoms with Gasteiger partial charge < -0.3 is 13.9 Å². The van der Waals surface area contributed by atoms with Crippen LogP contribution in [0.3, 0.4) is 0 Å². The summed E-state index contributed by atoms with van der Waals surface area (Å²) in [7, 11) is 3.63. The first-order chi connectivity index (χ1) is 11.9. The SMILES string of the molecule is Cc1cn(C)c([C@@H]2CCN(C(=O)c3ccc4oc(=O)n(C)c4c3)C2)n1. The maximum atomic E-state index is 12.9. The van der Waals surface area contributed by atoms with Gasteiger partial charge in [0, 0.05) is 44.9 Å². The molecule has 1 aliphatic rings. The Labute approximate surface area is 144 Å². The summed E-state index contributed by atoms with van der Waals surface area (Å²) in [5.41, 5.74) is 2.69. The third-order valence-electron chi connectivity index (χ3n) is 4.91. The molecule has 1 atom stereocenters. The lowest BCUT2D eigenvalue weighted by molar-refractivity contribution is 0.0790. The smallest absolute Gasteiger partial charge is 0.408 e. The van der Waals surface area contributed by atoms with Crippen molar-refractivity contribution < 1.29 is 9.21 Å². The third kappa shape index (κ3) is 2.56. The molecule has 1 fully saturated rings. The number of imidazole rings is 1. The lowest BCUT2D eigenvalue weighted by atomic mass is 10.1. The fraction of sp³-hybridized carbons (Fsp3) is 0.389. The fourth-order valence-electron chi connectivity index (χ4n) is 3.61. The normalized spacial score (nSPS) is 17.6. The standard InChI is InChI=1S/C18H20N4O3/c1-11-9-20(2)16(19-11)13-6-7-22(10-13)17(23)12-4-5-15-14(8-12)21(3)18(24)25-15/h4-5,8-9,13H,6-7,10H2,1-3H3/t13-/m1/s1. The second kappa shape index (κ2) is 5.61. The molecule has 1 amide bonds. The van der Waals surface area contributed by atoms with Crippen LogP contribution in [0.5, 0.6) is 0 Å². The first-order valence-electron chi connectivity index (χ1n) is 8.33. The van der Waals surface area contributed by atoms with Gasteiger partial charge in [0.25, 0.3) is 5.91 Å². The minimum absolute atomic E-state index is 0.0241. The van der Waals surface area contributed by atoms with Crippen molar-refractivity contribution in [3.8, 4) is 0 Å². The first kappa shape index (κ1) is 15.7. The maximum absolute atomic E-state index is 12.9. The van der Waals surface area contributed by atoms with Crippen LogP contribution in [0.1, 0.15) is 34.2 Å². The van der Waals surface area contributed by atoms with Crippen molar-refractivity contribution in [3.05, 3.63) is 52.0 Å². The summed E-state index contributed by atoms with van der Waals surface area (Å²) in [6, 6.07) is 5.12. The van der Waals surface area contributed by atoms with Gasteiger partial charge >= 0.3 is 5.76 Å². The topological polar surface area (TPSA) is 73.3 Å². The Hall–Kier alpha value is -2.83. The first-order valence-corrected chi connectivity index (χ1v) is 8.33. The van der Waals surface area contributed by atoms with Crippen molar-refractivity contribution in [3.63, 3.8) is 0 Å². The number of carbonyl (C=O) groups is 1. The largest absolute Gasteiger partial charge is 0.419 e. The van der Waals surface area contributed by atoms with E-state index >= 15 is 0 Å². The summed E-state index contributed by atoms with van der Waals surface area (Å²) in [5, 5.41) is 0. The van der Waals surface area contributed by atoms with Crippen molar-refractivity contribution >= 4 is 17.0 Å². The summed E-state index contributed by atoms with van der Waals surface area (Å²) in [5.74, 6) is 0.833. The fourth-order valence-corrected chi connectivity index (χ4v) is 3.61. The second-order valence-electron chi connectivity index (χ2n) is 6.70. The van der Waals surface area contributed by atoms with Crippen LogP contribution in [-0.4, -0.2) is 38.0 Å². The highest BCUT2D eigenvalue weighted by Crippen LogP contribution is 2.28. The molecule has 7 nitrogen and oxygen atoms in total. The van der Waals surface area contributed by atoms with E-state index in [1.807, 2.05) is 29.6 Å². The second-order valence-corrected chi connectivity index (χ2v) is 6.70. The van der Waals surface area contributed by atoms with E-state index < -0.39 is 5.76 Å². The Morgan fingerprint density at radius 1 is 1.32 bits per heavy atom. The lowest BCUT2D eigenvalue weighted by Gasteiger charge is -2.16. The number of nitrogens with zero attached hydrogens (tertiary/aromatic N) is 4. The van der Waals surface area contributed by atoms with Crippen LogP contribution >= 0.6 is 0 Å². The van der Waals surface area contributed by atoms with Crippen molar-refractivity contribution in [2.75, 3.05) is 13.1 Å². The van der Waals surface area contributed by atoms with E-state index in [2.05, 4.69) is 4.98 Å². The van der Waals surface area contributed by atoms with Crippen LogP contribution in [0.25, 0.3) is 11.1 Å². The van der Waals surface area contributed by atoms with E-state index in [0.717, 1.165) is 17.9 Å². The number of likely N-dealkylation sites (tertiary alicyclic amines) is 1. The van der Waals surface area contributed by atoms with E-state index in [1.165, 1.54) is 4.57 Å². The number of hydrogen-bond donors (Lipinski definition) is 0. The van der Waals surface area contributed by atoms with Gasteiger partial charge in [0.05, 0.1) is 11.2 Å². The van der Waals surface area contributed by atoms with E-state index in [4.69, 9.17) is 4.42 Å². The summed E-state index contributed by atoms with van der Waals surface area (Å²) >= 11 is 0. The average molecular weight is 340 g/mol. The van der Waals surface area contributed by atoms with Gasteiger partial charge in [-0.25, -0.2) is 9.78 Å². The molecule has 0 radical (unpaired) electrons. The van der Waals surface area contributed by atoms with E-state index in [-0.39, 0.29) is 11.8 Å². The molecule has 0 N–H and O–H groups in total. The molecule has 3 heterocycles. The molecule has 1 saturated heterocycles. The minimum Gasteiger partial charge on any atom is -0.408 e. The van der Waals surface area contributed by atoms with Crippen LogP contribution in [0.2, 0.25) is 0 Å². The summed E-state index contributed by atoms with van der Waals surface area (Å²) in [6.45, 7) is 3.34. The van der Waals surface area contributed by atoms with Gasteiger partial charge in [-0.3, -0.25) is 9.36 Å². The number of oxazole rings is 1. The van der Waals surface area contributed by atoms with Gasteiger partial charge in [-0.1, -0.05) is 0 Å². The van der Waals surface area contributed by atoms with E-state index in [1.54, 1.807) is 25.2 Å². The van der Waals surface area contributed by atoms with Gasteiger partial charge in [-0.15, -0.1) is 0 Å². The molecule has 0 bridgehead atoms. The lowest BCUT2D eigenvalue weighted by Crippen LogP contribution is -2.28. The van der Waals surface area contributed by atoms with E-state index in [0.29, 0.717) is 29.8 Å². The molecular weight excluding hydrogens is 320 g/mol. The molecule has 25 heavy (non-hydrogen) atoms. The molecule has 2 aromatic heterocycles. The number of carbonyl (C=O) groups excluding carboxylic acids is 1. The highest BCUT2D eigenvalue weighted by molar-refractivity contribution is 5.97. The Bertz CT molecular complexity index is 1030. The summed E-state index contributed by atoms with van der Waals surface area (Å²) in [6.07, 6.45) is 2.91. The quantitative estimate of drug-likeness (QED) is 0.713. The van der Waals surface area contributed by atoms with Crippen LogP contribution in [0.15, 0.2) is 33.6 Å². The monoisotopic (exact) mass is 340 g/mol. The van der Waals surface area contributed by atoms with Crippen LogP contribution in [-0.2, 0) is 14.1 Å². The van der Waals surface area contributed by atoms with Crippen LogP contribution in [0, 0.1) is 6.92 Å². The molecule has 0 aliphatic carbocycles. The Morgan fingerprint density at radius 3 is 2.84 bits per heavy atom.